The molecule has 0 unspecified atom stereocenters. The lowest BCUT2D eigenvalue weighted by Crippen LogP contribution is -2.46. The van der Waals surface area contributed by atoms with Crippen LogP contribution >= 0.6 is 0 Å². The second-order valence-electron chi connectivity index (χ2n) is 16.2. The molecule has 0 radical (unpaired) electrons. The van der Waals surface area contributed by atoms with Crippen molar-refractivity contribution in [1.29, 1.82) is 0 Å². The second kappa shape index (κ2) is 34.1. The van der Waals surface area contributed by atoms with E-state index in [-0.39, 0.29) is 24.7 Å². The Bertz CT molecular complexity index is 1410. The third kappa shape index (κ3) is 43.0. The Hall–Kier alpha value is -2.63. The summed E-state index contributed by atoms with van der Waals surface area (Å²) >= 11 is 0. The predicted molar refractivity (Wildman–Crippen MR) is 230 cm³/mol. The lowest BCUT2D eigenvalue weighted by Gasteiger charge is -2.31. The summed E-state index contributed by atoms with van der Waals surface area (Å²) in [5.41, 5.74) is 0. The first kappa shape index (κ1) is 57.5. The van der Waals surface area contributed by atoms with E-state index in [2.05, 4.69) is 19.9 Å². The first-order chi connectivity index (χ1) is 27.1. The van der Waals surface area contributed by atoms with E-state index in [1.807, 2.05) is 34.3 Å². The minimum Gasteiger partial charge on any atom is -0.748 e. The monoisotopic (exact) mass is 866 g/mol. The van der Waals surface area contributed by atoms with Gasteiger partial charge in [0.05, 0.1) is 81.2 Å². The van der Waals surface area contributed by atoms with E-state index in [0.717, 1.165) is 37.8 Å². The summed E-state index contributed by atoms with van der Waals surface area (Å²) in [5, 5.41) is 0. The van der Waals surface area contributed by atoms with E-state index in [9.17, 15) is 40.3 Å². The van der Waals surface area contributed by atoms with Crippen molar-refractivity contribution in [3.8, 4) is 0 Å². The Balaban J connectivity index is 0. The van der Waals surface area contributed by atoms with Gasteiger partial charge in [-0.3, -0.25) is 4.79 Å². The van der Waals surface area contributed by atoms with Gasteiger partial charge in [-0.05, 0) is 19.3 Å². The molecule has 0 fully saturated rings. The molecule has 0 atom stereocenters. The van der Waals surface area contributed by atoms with Crippen molar-refractivity contribution in [1.82, 2.24) is 4.90 Å². The van der Waals surface area contributed by atoms with Crippen LogP contribution < -0.4 is 0 Å². The molecule has 16 heteroatoms. The molecule has 0 aromatic heterocycles. The number of likely N-dealkylation sites (N-methyl/N-ethyl adjacent to an activating group) is 3. The number of ether oxygens (including phenoxy) is 2. The standard InChI is InChI=1S/C22H42N2O4S.C20H37NO7S/c1-5-6-7-8-9-10-11-12-13-14-15-17-22(25)23(2)18-20-24(3,4)19-16-21-29(26,27)28;1-4-5-6-7-8-9-10-16-27-19(22)12-13-20(23)28-17-15-21(2,3)14-11-18-29(24,25)26/h13-15,17H,5-12,16,18-21H2,1-4H3;12-13H,4-11,14-18H2,1-3H3/b;13-12-. The van der Waals surface area contributed by atoms with Crippen molar-refractivity contribution in [2.45, 2.75) is 123 Å². The molecule has 0 saturated carbocycles. The van der Waals surface area contributed by atoms with Gasteiger partial charge in [-0.1, -0.05) is 109 Å². The molecule has 0 aromatic rings. The van der Waals surface area contributed by atoms with E-state index in [0.29, 0.717) is 54.7 Å². The number of amides is 1. The van der Waals surface area contributed by atoms with Gasteiger partial charge in [0.2, 0.25) is 5.91 Å². The SMILES string of the molecule is CCCCCCCCCC=CC=CC(=O)N(C)CC[N+](C)(C)CCCS(=O)(=O)[O-].CCCCCCCCCOC(=O)/C=C\C(=O)OCC[N+](C)(C)CCCS(=O)(=O)[O-]. The second-order valence-corrected chi connectivity index (χ2v) is 19.3. The van der Waals surface area contributed by atoms with Gasteiger partial charge in [0, 0.05) is 49.6 Å². The largest absolute Gasteiger partial charge is 0.748 e. The number of carbonyl (C=O) groups excluding carboxylic acids is 3. The summed E-state index contributed by atoms with van der Waals surface area (Å²) in [6.45, 7) is 7.66. The Morgan fingerprint density at radius 2 is 0.983 bits per heavy atom. The molecule has 0 aliphatic rings. The van der Waals surface area contributed by atoms with Gasteiger partial charge in [-0.25, -0.2) is 26.4 Å². The number of esters is 2. The smallest absolute Gasteiger partial charge is 0.331 e. The number of nitrogens with zero attached hydrogens (tertiary/aromatic N) is 3. The zero-order valence-electron chi connectivity index (χ0n) is 37.0. The highest BCUT2D eigenvalue weighted by molar-refractivity contribution is 7.85. The maximum atomic E-state index is 12.1. The Kier molecular flexibility index (Phi) is 33.8. The third-order valence-electron chi connectivity index (χ3n) is 9.48. The van der Waals surface area contributed by atoms with Crippen LogP contribution in [0, 0.1) is 0 Å². The van der Waals surface area contributed by atoms with Crippen LogP contribution in [0.4, 0.5) is 0 Å². The Morgan fingerprint density at radius 3 is 1.47 bits per heavy atom. The molecule has 0 bridgehead atoms. The van der Waals surface area contributed by atoms with Crippen LogP contribution in [0.3, 0.4) is 0 Å². The molecule has 0 aromatic carbocycles. The van der Waals surface area contributed by atoms with Crippen LogP contribution in [-0.4, -0.2) is 150 Å². The summed E-state index contributed by atoms with van der Waals surface area (Å²) < 4.78 is 75.0. The molecular formula is C42H79N3O11S2. The van der Waals surface area contributed by atoms with Crippen LogP contribution in [0.1, 0.15) is 123 Å². The van der Waals surface area contributed by atoms with Crippen LogP contribution in [0.5, 0.6) is 0 Å². The quantitative estimate of drug-likeness (QED) is 0.0182. The first-order valence-electron chi connectivity index (χ1n) is 21.2. The number of unbranched alkanes of at least 4 members (excludes halogenated alkanes) is 13. The first-order valence-corrected chi connectivity index (χ1v) is 24.4. The fraction of sp³-hybridized carbons (Fsp3) is 0.786. The summed E-state index contributed by atoms with van der Waals surface area (Å²) in [6, 6.07) is 0. The van der Waals surface area contributed by atoms with E-state index in [4.69, 9.17) is 9.47 Å². The minimum atomic E-state index is -4.21. The lowest BCUT2D eigenvalue weighted by molar-refractivity contribution is -0.890. The molecule has 1 amide bonds. The molecule has 0 rings (SSSR count). The maximum absolute atomic E-state index is 12.1. The molecule has 0 spiro atoms. The number of quaternary nitrogens is 2. The maximum Gasteiger partial charge on any atom is 0.331 e. The number of hydrogen-bond donors (Lipinski definition) is 0. The van der Waals surface area contributed by atoms with E-state index in [1.54, 1.807) is 24.1 Å². The normalized spacial score (nSPS) is 12.6. The number of rotatable bonds is 34. The lowest BCUT2D eigenvalue weighted by atomic mass is 10.1. The molecule has 0 aliphatic carbocycles. The molecule has 0 N–H and O–H groups in total. The topological polar surface area (TPSA) is 187 Å². The van der Waals surface area contributed by atoms with Crippen LogP contribution in [0.2, 0.25) is 0 Å². The van der Waals surface area contributed by atoms with Gasteiger partial charge >= 0.3 is 11.9 Å². The van der Waals surface area contributed by atoms with E-state index in [1.165, 1.54) is 70.6 Å². The number of allylic oxidation sites excluding steroid dienone is 3. The van der Waals surface area contributed by atoms with Crippen LogP contribution in [0.25, 0.3) is 0 Å². The molecule has 0 aliphatic heterocycles. The van der Waals surface area contributed by atoms with Gasteiger partial charge in [-0.2, -0.15) is 0 Å². The van der Waals surface area contributed by atoms with Gasteiger partial charge in [0.25, 0.3) is 0 Å². The van der Waals surface area contributed by atoms with Crippen molar-refractivity contribution in [2.24, 2.45) is 0 Å². The average Bonchev–Trinajstić information content (AvgIpc) is 3.12. The molecule has 0 heterocycles. The molecule has 340 valence electrons. The minimum absolute atomic E-state index is 0.0484. The van der Waals surface area contributed by atoms with Gasteiger partial charge in [0.15, 0.2) is 0 Å². The predicted octanol–water partition coefficient (Wildman–Crippen LogP) is 6.10. The van der Waals surface area contributed by atoms with Gasteiger partial charge in [-0.15, -0.1) is 0 Å². The van der Waals surface area contributed by atoms with Crippen LogP contribution in [0.15, 0.2) is 36.5 Å². The summed E-state index contributed by atoms with van der Waals surface area (Å²) in [6.07, 6.45) is 28.2. The highest BCUT2D eigenvalue weighted by atomic mass is 32.2. The molecule has 14 nitrogen and oxygen atoms in total. The van der Waals surface area contributed by atoms with Crippen molar-refractivity contribution in [3.63, 3.8) is 0 Å². The fourth-order valence-corrected chi connectivity index (χ4v) is 6.58. The number of hydrogen-bond acceptors (Lipinski definition) is 11. The summed E-state index contributed by atoms with van der Waals surface area (Å²) in [7, 11) is 1.03. The molecule has 58 heavy (non-hydrogen) atoms. The summed E-state index contributed by atoms with van der Waals surface area (Å²) in [4.78, 5) is 37.0. The van der Waals surface area contributed by atoms with Crippen LogP contribution in [-0.2, 0) is 44.1 Å². The highest BCUT2D eigenvalue weighted by Gasteiger charge is 2.18. The van der Waals surface area contributed by atoms with Crippen molar-refractivity contribution < 1.29 is 58.8 Å². The summed E-state index contributed by atoms with van der Waals surface area (Å²) in [5.74, 6) is -1.99. The van der Waals surface area contributed by atoms with Crippen molar-refractivity contribution in [2.75, 3.05) is 92.7 Å². The van der Waals surface area contributed by atoms with Gasteiger partial charge in [0.1, 0.15) is 13.2 Å². The zero-order valence-corrected chi connectivity index (χ0v) is 38.6. The molecule has 0 saturated heterocycles. The van der Waals surface area contributed by atoms with E-state index >= 15 is 0 Å². The highest BCUT2D eigenvalue weighted by Crippen LogP contribution is 2.09. The van der Waals surface area contributed by atoms with Gasteiger partial charge < -0.3 is 32.4 Å². The Morgan fingerprint density at radius 1 is 0.552 bits per heavy atom. The Labute approximate surface area is 352 Å². The number of carbonyl (C=O) groups is 3. The third-order valence-corrected chi connectivity index (χ3v) is 11.1. The zero-order chi connectivity index (χ0) is 44.4. The van der Waals surface area contributed by atoms with Crippen molar-refractivity contribution in [3.05, 3.63) is 36.5 Å². The molecular weight excluding hydrogens is 787 g/mol. The van der Waals surface area contributed by atoms with E-state index < -0.39 is 37.9 Å². The van der Waals surface area contributed by atoms with Crippen molar-refractivity contribution >= 4 is 38.1 Å². The fourth-order valence-electron chi connectivity index (χ4n) is 5.61. The average molecular weight is 866 g/mol.